The molecular weight excluding hydrogens is 218 g/mol. The van der Waals surface area contributed by atoms with Gasteiger partial charge in [-0.3, -0.25) is 9.59 Å². The van der Waals surface area contributed by atoms with Gasteiger partial charge >= 0.3 is 0 Å². The lowest BCUT2D eigenvalue weighted by molar-refractivity contribution is -0.136. The first-order valence-electron chi connectivity index (χ1n) is 6.43. The van der Waals surface area contributed by atoms with Crippen molar-refractivity contribution >= 4 is 11.8 Å². The van der Waals surface area contributed by atoms with Crippen LogP contribution in [0.3, 0.4) is 0 Å². The van der Waals surface area contributed by atoms with Crippen molar-refractivity contribution in [2.24, 2.45) is 5.73 Å². The highest BCUT2D eigenvalue weighted by Gasteiger charge is 2.22. The van der Waals surface area contributed by atoms with E-state index in [4.69, 9.17) is 5.73 Å². The third-order valence-electron chi connectivity index (χ3n) is 3.02. The second kappa shape index (κ2) is 7.27. The third kappa shape index (κ3) is 4.73. The fraction of sp³-hybridized carbons (Fsp3) is 0.833. The normalized spacial score (nSPS) is 17.6. The predicted molar refractivity (Wildman–Crippen MR) is 66.3 cm³/mol. The van der Waals surface area contributed by atoms with E-state index in [2.05, 4.69) is 5.32 Å². The molecule has 1 rings (SSSR count). The highest BCUT2D eigenvalue weighted by atomic mass is 16.2. The zero-order valence-corrected chi connectivity index (χ0v) is 10.6. The molecule has 17 heavy (non-hydrogen) atoms. The molecular formula is C12H23N3O2. The fourth-order valence-electron chi connectivity index (χ4n) is 2.03. The Bertz CT molecular complexity index is 262. The van der Waals surface area contributed by atoms with Crippen LogP contribution in [0, 0.1) is 0 Å². The van der Waals surface area contributed by atoms with E-state index in [9.17, 15) is 9.59 Å². The summed E-state index contributed by atoms with van der Waals surface area (Å²) in [5.74, 6) is -0.0564. The van der Waals surface area contributed by atoms with Gasteiger partial charge in [-0.05, 0) is 39.2 Å². The van der Waals surface area contributed by atoms with Crippen LogP contribution in [-0.4, -0.2) is 42.4 Å². The SMILES string of the molecule is CC(NC(=O)CCCN)C(=O)N1CCCCC1. The van der Waals surface area contributed by atoms with Gasteiger partial charge < -0.3 is 16.0 Å². The molecule has 0 aromatic carbocycles. The molecule has 2 amide bonds. The number of likely N-dealkylation sites (tertiary alicyclic amines) is 1. The lowest BCUT2D eigenvalue weighted by atomic mass is 10.1. The minimum Gasteiger partial charge on any atom is -0.345 e. The first-order valence-corrected chi connectivity index (χ1v) is 6.43. The second-order valence-electron chi connectivity index (χ2n) is 4.57. The van der Waals surface area contributed by atoms with Crippen LogP contribution in [0.2, 0.25) is 0 Å². The molecule has 0 saturated carbocycles. The first kappa shape index (κ1) is 14.0. The zero-order valence-electron chi connectivity index (χ0n) is 10.6. The average Bonchev–Trinajstić information content (AvgIpc) is 2.36. The molecule has 1 atom stereocenters. The second-order valence-corrected chi connectivity index (χ2v) is 4.57. The van der Waals surface area contributed by atoms with Crippen LogP contribution in [0.4, 0.5) is 0 Å². The molecule has 0 aromatic rings. The summed E-state index contributed by atoms with van der Waals surface area (Å²) in [6, 6.07) is -0.418. The number of carbonyl (C=O) groups is 2. The van der Waals surface area contributed by atoms with Crippen LogP contribution in [0.1, 0.15) is 39.0 Å². The molecule has 1 aliphatic heterocycles. The van der Waals surface area contributed by atoms with E-state index >= 15 is 0 Å². The summed E-state index contributed by atoms with van der Waals surface area (Å²) in [6.07, 6.45) is 4.39. The Morgan fingerprint density at radius 1 is 1.29 bits per heavy atom. The fourth-order valence-corrected chi connectivity index (χ4v) is 2.03. The van der Waals surface area contributed by atoms with Gasteiger partial charge in [0.15, 0.2) is 0 Å². The summed E-state index contributed by atoms with van der Waals surface area (Å²) in [6.45, 7) is 3.89. The van der Waals surface area contributed by atoms with Crippen LogP contribution in [0.25, 0.3) is 0 Å². The summed E-state index contributed by atoms with van der Waals surface area (Å²) in [4.78, 5) is 25.3. The monoisotopic (exact) mass is 241 g/mol. The molecule has 1 unspecified atom stereocenters. The number of rotatable bonds is 5. The Labute approximate surface area is 103 Å². The number of nitrogens with zero attached hydrogens (tertiary/aromatic N) is 1. The zero-order chi connectivity index (χ0) is 12.7. The number of carbonyl (C=O) groups excluding carboxylic acids is 2. The molecule has 0 spiro atoms. The molecule has 0 radical (unpaired) electrons. The largest absolute Gasteiger partial charge is 0.345 e. The van der Waals surface area contributed by atoms with Crippen molar-refractivity contribution in [1.82, 2.24) is 10.2 Å². The molecule has 5 nitrogen and oxygen atoms in total. The van der Waals surface area contributed by atoms with Gasteiger partial charge in [0, 0.05) is 19.5 Å². The summed E-state index contributed by atoms with van der Waals surface area (Å²) in [7, 11) is 0. The molecule has 1 heterocycles. The van der Waals surface area contributed by atoms with Gasteiger partial charge in [-0.15, -0.1) is 0 Å². The highest BCUT2D eigenvalue weighted by Crippen LogP contribution is 2.09. The first-order chi connectivity index (χ1) is 8.15. The quantitative estimate of drug-likeness (QED) is 0.724. The lowest BCUT2D eigenvalue weighted by Crippen LogP contribution is -2.48. The van der Waals surface area contributed by atoms with Gasteiger partial charge in [-0.2, -0.15) is 0 Å². The molecule has 1 saturated heterocycles. The van der Waals surface area contributed by atoms with Gasteiger partial charge in [-0.1, -0.05) is 0 Å². The molecule has 98 valence electrons. The van der Waals surface area contributed by atoms with Crippen LogP contribution >= 0.6 is 0 Å². The van der Waals surface area contributed by atoms with Crippen molar-refractivity contribution in [1.29, 1.82) is 0 Å². The topological polar surface area (TPSA) is 75.4 Å². The summed E-state index contributed by atoms with van der Waals surface area (Å²) >= 11 is 0. The van der Waals surface area contributed by atoms with Crippen molar-refractivity contribution in [2.75, 3.05) is 19.6 Å². The number of nitrogens with two attached hydrogens (primary N) is 1. The van der Waals surface area contributed by atoms with Crippen LogP contribution in [0.15, 0.2) is 0 Å². The Hall–Kier alpha value is -1.10. The van der Waals surface area contributed by atoms with E-state index in [1.54, 1.807) is 6.92 Å². The summed E-state index contributed by atoms with van der Waals surface area (Å²) in [5, 5.41) is 2.73. The van der Waals surface area contributed by atoms with Crippen molar-refractivity contribution in [3.8, 4) is 0 Å². The minimum absolute atomic E-state index is 0.0331. The van der Waals surface area contributed by atoms with E-state index < -0.39 is 6.04 Å². The third-order valence-corrected chi connectivity index (χ3v) is 3.02. The Kier molecular flexibility index (Phi) is 5.97. The van der Waals surface area contributed by atoms with Gasteiger partial charge in [0.2, 0.25) is 11.8 Å². The number of hydrogen-bond acceptors (Lipinski definition) is 3. The number of nitrogens with one attached hydrogen (secondary N) is 1. The minimum atomic E-state index is -0.418. The molecule has 5 heteroatoms. The Balaban J connectivity index is 2.32. The van der Waals surface area contributed by atoms with Crippen molar-refractivity contribution in [3.63, 3.8) is 0 Å². The maximum absolute atomic E-state index is 12.0. The summed E-state index contributed by atoms with van der Waals surface area (Å²) in [5.41, 5.74) is 5.33. The predicted octanol–water partition coefficient (Wildman–Crippen LogP) is 0.243. The number of piperidine rings is 1. The van der Waals surface area contributed by atoms with Crippen LogP contribution in [0.5, 0.6) is 0 Å². The maximum Gasteiger partial charge on any atom is 0.244 e. The Morgan fingerprint density at radius 3 is 2.53 bits per heavy atom. The van der Waals surface area contributed by atoms with Crippen molar-refractivity contribution in [3.05, 3.63) is 0 Å². The molecule has 0 aromatic heterocycles. The highest BCUT2D eigenvalue weighted by molar-refractivity contribution is 5.87. The van der Waals surface area contributed by atoms with Gasteiger partial charge in [0.1, 0.15) is 6.04 Å². The molecule has 3 N–H and O–H groups in total. The Morgan fingerprint density at radius 2 is 1.94 bits per heavy atom. The van der Waals surface area contributed by atoms with Gasteiger partial charge in [0.25, 0.3) is 0 Å². The molecule has 1 aliphatic rings. The van der Waals surface area contributed by atoms with Crippen LogP contribution < -0.4 is 11.1 Å². The van der Waals surface area contributed by atoms with Crippen LogP contribution in [-0.2, 0) is 9.59 Å². The standard InChI is InChI=1S/C12H23N3O2/c1-10(14-11(16)6-5-7-13)12(17)15-8-3-2-4-9-15/h10H,2-9,13H2,1H3,(H,14,16). The van der Waals surface area contributed by atoms with E-state index in [0.29, 0.717) is 19.4 Å². The van der Waals surface area contributed by atoms with Crippen molar-refractivity contribution in [2.45, 2.75) is 45.1 Å². The van der Waals surface area contributed by atoms with E-state index in [-0.39, 0.29) is 11.8 Å². The molecule has 0 bridgehead atoms. The molecule has 0 aliphatic carbocycles. The number of hydrogen-bond donors (Lipinski definition) is 2. The lowest BCUT2D eigenvalue weighted by Gasteiger charge is -2.29. The van der Waals surface area contributed by atoms with E-state index in [1.165, 1.54) is 6.42 Å². The van der Waals surface area contributed by atoms with Gasteiger partial charge in [-0.25, -0.2) is 0 Å². The van der Waals surface area contributed by atoms with Crippen molar-refractivity contribution < 1.29 is 9.59 Å². The smallest absolute Gasteiger partial charge is 0.244 e. The number of amides is 2. The maximum atomic E-state index is 12.0. The molecule has 1 fully saturated rings. The van der Waals surface area contributed by atoms with E-state index in [1.807, 2.05) is 4.90 Å². The average molecular weight is 241 g/mol. The van der Waals surface area contributed by atoms with E-state index in [0.717, 1.165) is 25.9 Å². The van der Waals surface area contributed by atoms with Gasteiger partial charge in [0.05, 0.1) is 0 Å². The summed E-state index contributed by atoms with van der Waals surface area (Å²) < 4.78 is 0.